The number of aliphatic hydroxyl groups excluding tert-OH is 1. The lowest BCUT2D eigenvalue weighted by atomic mass is 9.93. The number of hydrogen-bond acceptors (Lipinski definition) is 5. The summed E-state index contributed by atoms with van der Waals surface area (Å²) in [7, 11) is 1.66. The van der Waals surface area contributed by atoms with Crippen molar-refractivity contribution in [1.29, 1.82) is 0 Å². The molecule has 1 saturated carbocycles. The van der Waals surface area contributed by atoms with Crippen LogP contribution in [0.1, 0.15) is 69.6 Å². The highest BCUT2D eigenvalue weighted by molar-refractivity contribution is 5.78. The number of pyridine rings is 1. The van der Waals surface area contributed by atoms with Crippen LogP contribution in [-0.4, -0.2) is 39.3 Å². The first-order chi connectivity index (χ1) is 17.6. The van der Waals surface area contributed by atoms with Gasteiger partial charge in [-0.1, -0.05) is 70.0 Å². The Labute approximate surface area is 215 Å². The molecular weight excluding hydrogens is 448 g/mol. The van der Waals surface area contributed by atoms with E-state index in [2.05, 4.69) is 28.0 Å². The molecule has 0 aliphatic heterocycles. The van der Waals surface area contributed by atoms with Crippen LogP contribution in [-0.2, 0) is 11.2 Å². The van der Waals surface area contributed by atoms with Crippen LogP contribution in [0, 0.1) is 0 Å². The number of nitrogens with one attached hydrogen (secondary N) is 1. The minimum absolute atomic E-state index is 0.347. The molecule has 0 radical (unpaired) electrons. The second kappa shape index (κ2) is 13.8. The van der Waals surface area contributed by atoms with Gasteiger partial charge in [0.2, 0.25) is 0 Å². The molecule has 2 aromatic heterocycles. The Hall–Kier alpha value is -3.22. The van der Waals surface area contributed by atoms with E-state index in [1.807, 2.05) is 69.6 Å². The fourth-order valence-corrected chi connectivity index (χ4v) is 4.62. The van der Waals surface area contributed by atoms with Crippen molar-refractivity contribution in [3.05, 3.63) is 89.9 Å². The molecule has 0 bridgehead atoms. The summed E-state index contributed by atoms with van der Waals surface area (Å²) in [5.74, 6) is 1.46. The van der Waals surface area contributed by atoms with Crippen LogP contribution in [0.25, 0.3) is 17.2 Å². The third-order valence-electron chi connectivity index (χ3n) is 6.49. The van der Waals surface area contributed by atoms with Crippen molar-refractivity contribution in [2.75, 3.05) is 7.11 Å². The van der Waals surface area contributed by atoms with Crippen molar-refractivity contribution in [2.24, 2.45) is 0 Å². The predicted molar refractivity (Wildman–Crippen MR) is 148 cm³/mol. The quantitative estimate of drug-likeness (QED) is 0.278. The molecule has 3 aromatic rings. The van der Waals surface area contributed by atoms with Gasteiger partial charge in [-0.25, -0.2) is 9.67 Å². The van der Waals surface area contributed by atoms with Crippen molar-refractivity contribution in [1.82, 2.24) is 20.1 Å². The smallest absolute Gasteiger partial charge is 0.153 e. The van der Waals surface area contributed by atoms with Crippen LogP contribution in [0.2, 0.25) is 0 Å². The van der Waals surface area contributed by atoms with Gasteiger partial charge in [0.05, 0.1) is 7.11 Å². The third kappa shape index (κ3) is 6.93. The third-order valence-corrected chi connectivity index (χ3v) is 6.49. The van der Waals surface area contributed by atoms with E-state index < -0.39 is 6.23 Å². The molecule has 4 rings (SSSR count). The largest absolute Gasteiger partial charge is 0.496 e. The van der Waals surface area contributed by atoms with Gasteiger partial charge in [-0.3, -0.25) is 5.32 Å². The van der Waals surface area contributed by atoms with Gasteiger partial charge in [-0.05, 0) is 55.0 Å². The summed E-state index contributed by atoms with van der Waals surface area (Å²) < 4.78 is 7.56. The number of hydrogen-bond donors (Lipinski definition) is 2. The number of aliphatic hydroxyl groups is 1. The second-order valence-corrected chi connectivity index (χ2v) is 8.92. The SMILES string of the molecule is C=C(Cc1ccc(-n2cccn2)nc1)c1ccccc1/C(OC)=C(\C)C(O)NC1CCCCC1.CC. The summed E-state index contributed by atoms with van der Waals surface area (Å²) in [6.07, 6.45) is 11.3. The molecule has 2 N–H and O–H groups in total. The predicted octanol–water partition coefficient (Wildman–Crippen LogP) is 6.17. The number of ether oxygens (including phenoxy) is 1. The van der Waals surface area contributed by atoms with Gasteiger partial charge < -0.3 is 9.84 Å². The Morgan fingerprint density at radius 2 is 1.83 bits per heavy atom. The van der Waals surface area contributed by atoms with Crippen LogP contribution in [0.15, 0.2) is 73.2 Å². The molecule has 0 amide bonds. The number of nitrogens with zero attached hydrogens (tertiary/aromatic N) is 3. The lowest BCUT2D eigenvalue weighted by Crippen LogP contribution is -2.40. The molecular formula is C30H40N4O2. The molecule has 1 atom stereocenters. The first-order valence-corrected chi connectivity index (χ1v) is 13.0. The van der Waals surface area contributed by atoms with E-state index in [0.717, 1.165) is 46.5 Å². The molecule has 1 unspecified atom stereocenters. The maximum Gasteiger partial charge on any atom is 0.153 e. The summed E-state index contributed by atoms with van der Waals surface area (Å²) in [5.41, 5.74) is 4.73. The molecule has 2 heterocycles. The van der Waals surface area contributed by atoms with E-state index in [9.17, 15) is 5.11 Å². The van der Waals surface area contributed by atoms with Crippen LogP contribution in [0.4, 0.5) is 0 Å². The highest BCUT2D eigenvalue weighted by Gasteiger charge is 2.21. The monoisotopic (exact) mass is 488 g/mol. The second-order valence-electron chi connectivity index (χ2n) is 8.92. The van der Waals surface area contributed by atoms with Gasteiger partial charge in [-0.15, -0.1) is 0 Å². The Kier molecular flexibility index (Phi) is 10.5. The molecule has 36 heavy (non-hydrogen) atoms. The van der Waals surface area contributed by atoms with Crippen molar-refractivity contribution in [2.45, 2.75) is 71.6 Å². The summed E-state index contributed by atoms with van der Waals surface area (Å²) in [6, 6.07) is 14.3. The zero-order chi connectivity index (χ0) is 25.9. The van der Waals surface area contributed by atoms with Crippen molar-refractivity contribution in [3.8, 4) is 5.82 Å². The summed E-state index contributed by atoms with van der Waals surface area (Å²) >= 11 is 0. The lowest BCUT2D eigenvalue weighted by molar-refractivity contribution is 0.142. The van der Waals surface area contributed by atoms with Gasteiger partial charge in [0.15, 0.2) is 5.82 Å². The fourth-order valence-electron chi connectivity index (χ4n) is 4.62. The van der Waals surface area contributed by atoms with E-state index in [1.54, 1.807) is 18.0 Å². The number of allylic oxidation sites excluding steroid dienone is 1. The zero-order valence-electron chi connectivity index (χ0n) is 22.1. The molecule has 6 heteroatoms. The minimum atomic E-state index is -0.751. The lowest BCUT2D eigenvalue weighted by Gasteiger charge is -2.27. The van der Waals surface area contributed by atoms with E-state index in [0.29, 0.717) is 18.2 Å². The summed E-state index contributed by atoms with van der Waals surface area (Å²) in [4.78, 5) is 4.53. The Morgan fingerprint density at radius 3 is 2.44 bits per heavy atom. The van der Waals surface area contributed by atoms with Gasteiger partial charge in [0.25, 0.3) is 0 Å². The van der Waals surface area contributed by atoms with Crippen LogP contribution < -0.4 is 5.32 Å². The molecule has 1 aliphatic rings. The number of rotatable bonds is 9. The number of methoxy groups -OCH3 is 1. The number of aromatic nitrogens is 3. The maximum atomic E-state index is 10.9. The molecule has 1 aliphatic carbocycles. The van der Waals surface area contributed by atoms with Crippen molar-refractivity contribution >= 4 is 11.3 Å². The zero-order valence-corrected chi connectivity index (χ0v) is 22.1. The first kappa shape index (κ1) is 27.4. The van der Waals surface area contributed by atoms with Crippen LogP contribution in [0.3, 0.4) is 0 Å². The molecule has 192 valence electrons. The van der Waals surface area contributed by atoms with Gasteiger partial charge in [-0.2, -0.15) is 5.10 Å². The molecule has 1 aromatic carbocycles. The Balaban J connectivity index is 0.00000176. The van der Waals surface area contributed by atoms with Crippen molar-refractivity contribution < 1.29 is 9.84 Å². The Bertz CT molecular complexity index is 1110. The van der Waals surface area contributed by atoms with Gasteiger partial charge in [0.1, 0.15) is 12.0 Å². The summed E-state index contributed by atoms with van der Waals surface area (Å²) in [5, 5.41) is 18.5. The molecule has 0 spiro atoms. The average molecular weight is 489 g/mol. The highest BCUT2D eigenvalue weighted by atomic mass is 16.5. The Morgan fingerprint density at radius 1 is 1.11 bits per heavy atom. The van der Waals surface area contributed by atoms with E-state index in [-0.39, 0.29) is 0 Å². The molecule has 6 nitrogen and oxygen atoms in total. The number of benzene rings is 1. The minimum Gasteiger partial charge on any atom is -0.496 e. The maximum absolute atomic E-state index is 10.9. The van der Waals surface area contributed by atoms with Gasteiger partial charge >= 0.3 is 0 Å². The van der Waals surface area contributed by atoms with Crippen molar-refractivity contribution in [3.63, 3.8) is 0 Å². The van der Waals surface area contributed by atoms with Gasteiger partial charge in [0, 0.05) is 35.8 Å². The standard InChI is InChI=1S/C28H34N4O2.C2H6/c1-20(18-22-14-15-26(29-19-22)32-17-9-16-30-32)24-12-7-8-13-25(24)27(34-3)21(2)28(33)31-23-10-5-4-6-11-23;1-2/h7-9,12-17,19,23,28,31,33H,1,4-6,10-11,18H2,2-3H3;1-2H3/b27-21-;. The molecule has 0 saturated heterocycles. The van der Waals surface area contributed by atoms with E-state index >= 15 is 0 Å². The van der Waals surface area contributed by atoms with Crippen LogP contribution >= 0.6 is 0 Å². The highest BCUT2D eigenvalue weighted by Crippen LogP contribution is 2.30. The topological polar surface area (TPSA) is 72.2 Å². The average Bonchev–Trinajstić information content (AvgIpc) is 3.47. The molecule has 1 fully saturated rings. The first-order valence-electron chi connectivity index (χ1n) is 13.0. The van der Waals surface area contributed by atoms with E-state index in [1.165, 1.54) is 19.3 Å². The normalized spacial score (nSPS) is 15.4. The summed E-state index contributed by atoms with van der Waals surface area (Å²) in [6.45, 7) is 10.3. The van der Waals surface area contributed by atoms with Crippen LogP contribution in [0.5, 0.6) is 0 Å². The fraction of sp³-hybridized carbons (Fsp3) is 0.400. The van der Waals surface area contributed by atoms with E-state index in [4.69, 9.17) is 4.74 Å².